The summed E-state index contributed by atoms with van der Waals surface area (Å²) in [6, 6.07) is 3.49. The van der Waals surface area contributed by atoms with Crippen LogP contribution in [0, 0.1) is 0 Å². The normalized spacial score (nSPS) is 14.9. The zero-order chi connectivity index (χ0) is 17.8. The van der Waals surface area contributed by atoms with Gasteiger partial charge in [-0.2, -0.15) is 0 Å². The van der Waals surface area contributed by atoms with Crippen molar-refractivity contribution in [2.75, 3.05) is 18.4 Å². The number of pyridine rings is 1. The largest absolute Gasteiger partial charge is 0.317 e. The van der Waals surface area contributed by atoms with Crippen molar-refractivity contribution in [3.05, 3.63) is 53.7 Å². The number of rotatable bonds is 4. The minimum absolute atomic E-state index is 0.262. The Kier molecular flexibility index (Phi) is 4.94. The SMILES string of the molecule is O=C(Nc1nc(C2CCNCC2)cs1)c1ccc(-c2cnccn2)cn1. The number of nitrogens with one attached hydrogen (secondary N) is 2. The summed E-state index contributed by atoms with van der Waals surface area (Å²) in [7, 11) is 0. The van der Waals surface area contributed by atoms with Crippen molar-refractivity contribution in [2.24, 2.45) is 0 Å². The molecule has 1 saturated heterocycles. The highest BCUT2D eigenvalue weighted by molar-refractivity contribution is 7.14. The molecule has 7 nitrogen and oxygen atoms in total. The Morgan fingerprint density at radius 3 is 2.77 bits per heavy atom. The Morgan fingerprint density at radius 2 is 2.04 bits per heavy atom. The molecule has 0 spiro atoms. The number of nitrogens with zero attached hydrogens (tertiary/aromatic N) is 4. The van der Waals surface area contributed by atoms with Crippen molar-refractivity contribution >= 4 is 22.4 Å². The van der Waals surface area contributed by atoms with Gasteiger partial charge < -0.3 is 5.32 Å². The summed E-state index contributed by atoms with van der Waals surface area (Å²) in [6.07, 6.45) is 8.70. The van der Waals surface area contributed by atoms with E-state index in [9.17, 15) is 4.79 Å². The Bertz CT molecular complexity index is 874. The lowest BCUT2D eigenvalue weighted by Gasteiger charge is -2.20. The summed E-state index contributed by atoms with van der Waals surface area (Å²) in [5, 5.41) is 8.84. The van der Waals surface area contributed by atoms with Gasteiger partial charge in [-0.25, -0.2) is 4.98 Å². The molecule has 4 rings (SSSR count). The van der Waals surface area contributed by atoms with Crippen LogP contribution >= 0.6 is 11.3 Å². The molecule has 0 bridgehead atoms. The zero-order valence-corrected chi connectivity index (χ0v) is 14.9. The molecular weight excluding hydrogens is 348 g/mol. The molecule has 0 radical (unpaired) electrons. The summed E-state index contributed by atoms with van der Waals surface area (Å²) < 4.78 is 0. The molecule has 1 amide bonds. The number of hydrogen-bond acceptors (Lipinski definition) is 7. The van der Waals surface area contributed by atoms with E-state index < -0.39 is 0 Å². The summed E-state index contributed by atoms with van der Waals surface area (Å²) in [5.74, 6) is 0.212. The molecule has 2 N–H and O–H groups in total. The predicted octanol–water partition coefficient (Wildman–Crippen LogP) is 2.71. The maximum absolute atomic E-state index is 12.4. The first-order valence-electron chi connectivity index (χ1n) is 8.49. The van der Waals surface area contributed by atoms with Crippen LogP contribution in [0.15, 0.2) is 42.3 Å². The van der Waals surface area contributed by atoms with Crippen LogP contribution in [0.1, 0.15) is 34.9 Å². The molecule has 0 unspecified atom stereocenters. The first-order valence-corrected chi connectivity index (χ1v) is 9.37. The summed E-state index contributed by atoms with van der Waals surface area (Å²) in [6.45, 7) is 2.04. The first-order chi connectivity index (χ1) is 12.8. The molecule has 3 aromatic heterocycles. The molecule has 0 aromatic carbocycles. The van der Waals surface area contributed by atoms with Crippen molar-refractivity contribution < 1.29 is 4.79 Å². The molecule has 8 heteroatoms. The Balaban J connectivity index is 1.42. The fourth-order valence-electron chi connectivity index (χ4n) is 2.94. The molecule has 1 aliphatic rings. The van der Waals surface area contributed by atoms with Gasteiger partial charge in [-0.15, -0.1) is 11.3 Å². The van der Waals surface area contributed by atoms with Gasteiger partial charge in [0.05, 0.1) is 17.6 Å². The number of carbonyl (C=O) groups excluding carboxylic acids is 1. The van der Waals surface area contributed by atoms with Crippen molar-refractivity contribution in [2.45, 2.75) is 18.8 Å². The van der Waals surface area contributed by atoms with E-state index in [4.69, 9.17) is 0 Å². The number of thiazole rings is 1. The fourth-order valence-corrected chi connectivity index (χ4v) is 3.73. The van der Waals surface area contributed by atoms with Gasteiger partial charge >= 0.3 is 0 Å². The molecule has 0 aliphatic carbocycles. The third kappa shape index (κ3) is 3.76. The number of piperidine rings is 1. The van der Waals surface area contributed by atoms with E-state index in [1.165, 1.54) is 11.3 Å². The van der Waals surface area contributed by atoms with Crippen LogP contribution in [-0.2, 0) is 0 Å². The Labute approximate surface area is 155 Å². The smallest absolute Gasteiger partial charge is 0.276 e. The lowest BCUT2D eigenvalue weighted by atomic mass is 9.96. The average molecular weight is 366 g/mol. The third-order valence-electron chi connectivity index (χ3n) is 4.35. The second-order valence-corrected chi connectivity index (χ2v) is 6.94. The van der Waals surface area contributed by atoms with Crippen LogP contribution in [0.5, 0.6) is 0 Å². The molecule has 0 saturated carbocycles. The standard InChI is InChI=1S/C18H18N6OS/c25-17(14-2-1-13(9-22-14)15-10-20-7-8-21-15)24-18-23-16(11-26-18)12-3-5-19-6-4-12/h1-2,7-12,19H,3-6H2,(H,23,24,25). The lowest BCUT2D eigenvalue weighted by molar-refractivity contribution is 0.102. The number of amides is 1. The first kappa shape index (κ1) is 16.7. The van der Waals surface area contributed by atoms with Gasteiger partial charge in [0.25, 0.3) is 5.91 Å². The molecule has 0 atom stereocenters. The van der Waals surface area contributed by atoms with Gasteiger partial charge in [-0.05, 0) is 38.1 Å². The van der Waals surface area contributed by atoms with Crippen molar-refractivity contribution in [3.63, 3.8) is 0 Å². The van der Waals surface area contributed by atoms with Crippen LogP contribution in [0.3, 0.4) is 0 Å². The highest BCUT2D eigenvalue weighted by Crippen LogP contribution is 2.28. The molecule has 4 heterocycles. The highest BCUT2D eigenvalue weighted by Gasteiger charge is 2.19. The van der Waals surface area contributed by atoms with E-state index in [1.54, 1.807) is 30.9 Å². The lowest BCUT2D eigenvalue weighted by Crippen LogP contribution is -2.26. The predicted molar refractivity (Wildman–Crippen MR) is 100 cm³/mol. The number of aromatic nitrogens is 4. The molecule has 132 valence electrons. The molecule has 26 heavy (non-hydrogen) atoms. The van der Waals surface area contributed by atoms with Gasteiger partial charge in [0.2, 0.25) is 0 Å². The summed E-state index contributed by atoms with van der Waals surface area (Å²) >= 11 is 1.46. The van der Waals surface area contributed by atoms with Gasteiger partial charge in [0.1, 0.15) is 5.69 Å². The Hall–Kier alpha value is -2.71. The van der Waals surface area contributed by atoms with Crippen LogP contribution in [0.25, 0.3) is 11.3 Å². The molecule has 1 aliphatic heterocycles. The monoisotopic (exact) mass is 366 g/mol. The van der Waals surface area contributed by atoms with Gasteiger partial charge in [-0.3, -0.25) is 25.1 Å². The van der Waals surface area contributed by atoms with Crippen molar-refractivity contribution in [1.82, 2.24) is 25.3 Å². The van der Waals surface area contributed by atoms with E-state index in [2.05, 4.69) is 30.6 Å². The molecule has 3 aromatic rings. The van der Waals surface area contributed by atoms with E-state index >= 15 is 0 Å². The topological polar surface area (TPSA) is 92.7 Å². The quantitative estimate of drug-likeness (QED) is 0.737. The minimum atomic E-state index is -0.262. The minimum Gasteiger partial charge on any atom is -0.317 e. The van der Waals surface area contributed by atoms with Crippen LogP contribution in [0.2, 0.25) is 0 Å². The highest BCUT2D eigenvalue weighted by atomic mass is 32.1. The number of anilines is 1. The molecular formula is C18H18N6OS. The van der Waals surface area contributed by atoms with Gasteiger partial charge in [0.15, 0.2) is 5.13 Å². The molecule has 1 fully saturated rings. The zero-order valence-electron chi connectivity index (χ0n) is 14.1. The van der Waals surface area contributed by atoms with E-state index in [-0.39, 0.29) is 5.91 Å². The summed E-state index contributed by atoms with van der Waals surface area (Å²) in [4.78, 5) is 29.5. The summed E-state index contributed by atoms with van der Waals surface area (Å²) in [5.41, 5.74) is 2.95. The van der Waals surface area contributed by atoms with Crippen LogP contribution < -0.4 is 10.6 Å². The van der Waals surface area contributed by atoms with Crippen molar-refractivity contribution in [1.29, 1.82) is 0 Å². The second kappa shape index (κ2) is 7.67. The van der Waals surface area contributed by atoms with E-state index in [1.807, 2.05) is 11.4 Å². The maximum atomic E-state index is 12.4. The van der Waals surface area contributed by atoms with E-state index in [0.717, 1.165) is 42.9 Å². The van der Waals surface area contributed by atoms with E-state index in [0.29, 0.717) is 16.7 Å². The van der Waals surface area contributed by atoms with Crippen molar-refractivity contribution in [3.8, 4) is 11.3 Å². The van der Waals surface area contributed by atoms with Gasteiger partial charge in [-0.1, -0.05) is 0 Å². The van der Waals surface area contributed by atoms with Crippen LogP contribution in [0.4, 0.5) is 5.13 Å². The number of carbonyl (C=O) groups is 1. The Morgan fingerprint density at radius 1 is 1.15 bits per heavy atom. The third-order valence-corrected chi connectivity index (χ3v) is 5.13. The number of hydrogen-bond donors (Lipinski definition) is 2. The van der Waals surface area contributed by atoms with Crippen LogP contribution in [-0.4, -0.2) is 38.9 Å². The fraction of sp³-hybridized carbons (Fsp3) is 0.278. The average Bonchev–Trinajstić information content (AvgIpc) is 3.18. The van der Waals surface area contributed by atoms with Gasteiger partial charge in [0, 0.05) is 35.5 Å². The maximum Gasteiger partial charge on any atom is 0.276 e. The second-order valence-electron chi connectivity index (χ2n) is 6.08.